The maximum atomic E-state index is 8.68. The zero-order valence-corrected chi connectivity index (χ0v) is 10.4. The summed E-state index contributed by atoms with van der Waals surface area (Å²) in [6.07, 6.45) is 0. The van der Waals surface area contributed by atoms with Gasteiger partial charge in [-0.25, -0.2) is 0 Å². The summed E-state index contributed by atoms with van der Waals surface area (Å²) in [4.78, 5) is 0. The molecule has 2 rings (SSSR count). The molecule has 0 saturated carbocycles. The molecule has 0 atom stereocenters. The van der Waals surface area contributed by atoms with Crippen LogP contribution in [0.5, 0.6) is 11.5 Å². The number of nitrogens with zero attached hydrogens (tertiary/aromatic N) is 1. The van der Waals surface area contributed by atoms with Crippen LogP contribution in [0.25, 0.3) is 0 Å². The lowest BCUT2D eigenvalue weighted by atomic mass is 10.2. The first kappa shape index (κ1) is 11.5. The lowest BCUT2D eigenvalue weighted by molar-refractivity contribution is 0.480. The number of nitrogens with two attached hydrogens (primary N) is 1. The van der Waals surface area contributed by atoms with Gasteiger partial charge in [-0.3, -0.25) is 0 Å². The predicted molar refractivity (Wildman–Crippen MR) is 69.8 cm³/mol. The summed E-state index contributed by atoms with van der Waals surface area (Å²) in [5.74, 6) is 1.31. The fraction of sp³-hybridized carbons (Fsp3) is 0. The second-order valence-electron chi connectivity index (χ2n) is 3.43. The van der Waals surface area contributed by atoms with E-state index in [0.717, 1.165) is 4.47 Å². The molecule has 0 unspecified atom stereocenters. The highest BCUT2D eigenvalue weighted by molar-refractivity contribution is 9.10. The third-order valence-electron chi connectivity index (χ3n) is 2.17. The standard InChI is InChI=1S/C13H9BrN2O/c14-12-6-3-10(16)7-13(12)17-11-4-1-9(8-15)2-5-11/h1-7H,16H2. The first-order valence-electron chi connectivity index (χ1n) is 4.92. The van der Waals surface area contributed by atoms with Crippen LogP contribution in [-0.2, 0) is 0 Å². The number of ether oxygens (including phenoxy) is 1. The number of halogens is 1. The highest BCUT2D eigenvalue weighted by atomic mass is 79.9. The molecule has 2 aromatic rings. The van der Waals surface area contributed by atoms with Crippen LogP contribution in [-0.4, -0.2) is 0 Å². The fourth-order valence-electron chi connectivity index (χ4n) is 1.32. The third kappa shape index (κ3) is 2.77. The van der Waals surface area contributed by atoms with E-state index in [2.05, 4.69) is 22.0 Å². The smallest absolute Gasteiger partial charge is 0.143 e. The van der Waals surface area contributed by atoms with E-state index in [4.69, 9.17) is 15.7 Å². The largest absolute Gasteiger partial charge is 0.456 e. The van der Waals surface area contributed by atoms with Crippen molar-refractivity contribution in [1.29, 1.82) is 5.26 Å². The summed E-state index contributed by atoms with van der Waals surface area (Å²) in [5, 5.41) is 8.68. The Labute approximate surface area is 108 Å². The average molecular weight is 289 g/mol. The Balaban J connectivity index is 2.25. The average Bonchev–Trinajstić information content (AvgIpc) is 2.35. The van der Waals surface area contributed by atoms with E-state index in [1.165, 1.54) is 0 Å². The molecule has 4 heteroatoms. The molecule has 0 bridgehead atoms. The maximum absolute atomic E-state index is 8.68. The van der Waals surface area contributed by atoms with Crippen LogP contribution in [0.3, 0.4) is 0 Å². The molecule has 0 fully saturated rings. The second-order valence-corrected chi connectivity index (χ2v) is 4.28. The number of rotatable bonds is 2. The number of hydrogen-bond acceptors (Lipinski definition) is 3. The number of nitriles is 1. The lowest BCUT2D eigenvalue weighted by Gasteiger charge is -2.08. The van der Waals surface area contributed by atoms with E-state index in [0.29, 0.717) is 22.7 Å². The maximum Gasteiger partial charge on any atom is 0.143 e. The Kier molecular flexibility index (Phi) is 3.31. The number of hydrogen-bond donors (Lipinski definition) is 1. The molecule has 84 valence electrons. The fourth-order valence-corrected chi connectivity index (χ4v) is 1.65. The van der Waals surface area contributed by atoms with Crippen molar-refractivity contribution in [1.82, 2.24) is 0 Å². The number of anilines is 1. The van der Waals surface area contributed by atoms with Gasteiger partial charge in [0.25, 0.3) is 0 Å². The molecular formula is C13H9BrN2O. The molecule has 0 aliphatic rings. The van der Waals surface area contributed by atoms with E-state index in [9.17, 15) is 0 Å². The van der Waals surface area contributed by atoms with Crippen molar-refractivity contribution in [3.8, 4) is 17.6 Å². The van der Waals surface area contributed by atoms with Crippen LogP contribution in [0, 0.1) is 11.3 Å². The van der Waals surface area contributed by atoms with Crippen molar-refractivity contribution in [3.63, 3.8) is 0 Å². The Morgan fingerprint density at radius 1 is 1.12 bits per heavy atom. The lowest BCUT2D eigenvalue weighted by Crippen LogP contribution is -1.89. The molecule has 0 radical (unpaired) electrons. The quantitative estimate of drug-likeness (QED) is 0.858. The van der Waals surface area contributed by atoms with Crippen molar-refractivity contribution in [3.05, 3.63) is 52.5 Å². The van der Waals surface area contributed by atoms with E-state index in [-0.39, 0.29) is 0 Å². The van der Waals surface area contributed by atoms with Crippen molar-refractivity contribution in [2.45, 2.75) is 0 Å². The van der Waals surface area contributed by atoms with Gasteiger partial charge in [-0.2, -0.15) is 5.26 Å². The summed E-state index contributed by atoms with van der Waals surface area (Å²) in [6.45, 7) is 0. The molecule has 0 aromatic heterocycles. The molecule has 0 heterocycles. The van der Waals surface area contributed by atoms with Gasteiger partial charge < -0.3 is 10.5 Å². The van der Waals surface area contributed by atoms with Gasteiger partial charge in [-0.05, 0) is 52.3 Å². The Morgan fingerprint density at radius 3 is 2.47 bits per heavy atom. The van der Waals surface area contributed by atoms with Crippen LogP contribution in [0.2, 0.25) is 0 Å². The summed E-state index contributed by atoms with van der Waals surface area (Å²) < 4.78 is 6.48. The highest BCUT2D eigenvalue weighted by Crippen LogP contribution is 2.31. The minimum absolute atomic E-state index is 0.601. The predicted octanol–water partition coefficient (Wildman–Crippen LogP) is 3.70. The van der Waals surface area contributed by atoms with Crippen molar-refractivity contribution in [2.24, 2.45) is 0 Å². The van der Waals surface area contributed by atoms with Crippen LogP contribution < -0.4 is 10.5 Å². The first-order chi connectivity index (χ1) is 8.19. The van der Waals surface area contributed by atoms with Gasteiger partial charge in [0.05, 0.1) is 16.1 Å². The molecule has 0 saturated heterocycles. The normalized spacial score (nSPS) is 9.65. The van der Waals surface area contributed by atoms with Crippen LogP contribution in [0.15, 0.2) is 46.9 Å². The number of benzene rings is 2. The van der Waals surface area contributed by atoms with Crippen molar-refractivity contribution < 1.29 is 4.74 Å². The Morgan fingerprint density at radius 2 is 1.82 bits per heavy atom. The second kappa shape index (κ2) is 4.89. The molecule has 3 nitrogen and oxygen atoms in total. The summed E-state index contributed by atoms with van der Waals surface area (Å²) in [7, 11) is 0. The summed E-state index contributed by atoms with van der Waals surface area (Å²) in [5.41, 5.74) is 6.92. The molecule has 2 aromatic carbocycles. The van der Waals surface area contributed by atoms with E-state index in [1.54, 1.807) is 36.4 Å². The SMILES string of the molecule is N#Cc1ccc(Oc2cc(N)ccc2Br)cc1. The Hall–Kier alpha value is -1.99. The molecule has 0 amide bonds. The molecule has 0 aliphatic carbocycles. The molecular weight excluding hydrogens is 280 g/mol. The molecule has 0 aliphatic heterocycles. The van der Waals surface area contributed by atoms with Crippen molar-refractivity contribution in [2.75, 3.05) is 5.73 Å². The van der Waals surface area contributed by atoms with Gasteiger partial charge >= 0.3 is 0 Å². The van der Waals surface area contributed by atoms with E-state index < -0.39 is 0 Å². The highest BCUT2D eigenvalue weighted by Gasteiger charge is 2.03. The van der Waals surface area contributed by atoms with Gasteiger partial charge in [0, 0.05) is 11.8 Å². The summed E-state index contributed by atoms with van der Waals surface area (Å²) >= 11 is 3.38. The molecule has 0 spiro atoms. The van der Waals surface area contributed by atoms with Gasteiger partial charge in [-0.15, -0.1) is 0 Å². The number of nitrogen functional groups attached to an aromatic ring is 1. The van der Waals surface area contributed by atoms with Gasteiger partial charge in [-0.1, -0.05) is 0 Å². The van der Waals surface area contributed by atoms with Crippen LogP contribution in [0.4, 0.5) is 5.69 Å². The van der Waals surface area contributed by atoms with Gasteiger partial charge in [0.1, 0.15) is 11.5 Å². The van der Waals surface area contributed by atoms with Gasteiger partial charge in [0.2, 0.25) is 0 Å². The Bertz CT molecular complexity index is 573. The first-order valence-corrected chi connectivity index (χ1v) is 5.71. The zero-order valence-electron chi connectivity index (χ0n) is 8.85. The van der Waals surface area contributed by atoms with Crippen LogP contribution in [0.1, 0.15) is 5.56 Å². The third-order valence-corrected chi connectivity index (χ3v) is 2.82. The van der Waals surface area contributed by atoms with E-state index in [1.807, 2.05) is 6.07 Å². The minimum atomic E-state index is 0.601. The zero-order chi connectivity index (χ0) is 12.3. The minimum Gasteiger partial charge on any atom is -0.456 e. The van der Waals surface area contributed by atoms with Crippen molar-refractivity contribution >= 4 is 21.6 Å². The molecule has 17 heavy (non-hydrogen) atoms. The molecule has 2 N–H and O–H groups in total. The van der Waals surface area contributed by atoms with E-state index >= 15 is 0 Å². The van der Waals surface area contributed by atoms with Crippen LogP contribution >= 0.6 is 15.9 Å². The van der Waals surface area contributed by atoms with Gasteiger partial charge in [0.15, 0.2) is 0 Å². The summed E-state index contributed by atoms with van der Waals surface area (Å²) in [6, 6.07) is 14.3. The monoisotopic (exact) mass is 288 g/mol. The topological polar surface area (TPSA) is 59.0 Å².